The van der Waals surface area contributed by atoms with Gasteiger partial charge in [0.2, 0.25) is 10.0 Å². The molecule has 0 spiro atoms. The average molecular weight is 218 g/mol. The molecule has 0 aliphatic heterocycles. The summed E-state index contributed by atoms with van der Waals surface area (Å²) in [5.74, 6) is 2.58. The zero-order valence-corrected chi connectivity index (χ0v) is 9.36. The molecule has 5 heteroatoms. The predicted molar refractivity (Wildman–Crippen MR) is 58.4 cm³/mol. The molecule has 0 saturated heterocycles. The SMILES string of the molecule is C#CCCCNS(=O)(=O)CCNCC. The van der Waals surface area contributed by atoms with Gasteiger partial charge >= 0.3 is 0 Å². The third-order valence-electron chi connectivity index (χ3n) is 1.62. The monoisotopic (exact) mass is 218 g/mol. The van der Waals surface area contributed by atoms with Gasteiger partial charge in [0.1, 0.15) is 0 Å². The predicted octanol–water partition coefficient (Wildman–Crippen LogP) is -0.0713. The van der Waals surface area contributed by atoms with Gasteiger partial charge in [-0.2, -0.15) is 0 Å². The lowest BCUT2D eigenvalue weighted by atomic mass is 10.3. The topological polar surface area (TPSA) is 58.2 Å². The van der Waals surface area contributed by atoms with Crippen molar-refractivity contribution in [2.24, 2.45) is 0 Å². The van der Waals surface area contributed by atoms with E-state index < -0.39 is 10.0 Å². The average Bonchev–Trinajstić information content (AvgIpc) is 2.13. The fraction of sp³-hybridized carbons (Fsp3) is 0.778. The molecule has 0 aliphatic carbocycles. The van der Waals surface area contributed by atoms with Crippen LogP contribution in [0.1, 0.15) is 19.8 Å². The Morgan fingerprint density at radius 3 is 2.64 bits per heavy atom. The summed E-state index contributed by atoms with van der Waals surface area (Å²) >= 11 is 0. The molecule has 4 nitrogen and oxygen atoms in total. The minimum Gasteiger partial charge on any atom is -0.316 e. The lowest BCUT2D eigenvalue weighted by Gasteiger charge is -2.05. The third-order valence-corrected chi connectivity index (χ3v) is 3.00. The minimum atomic E-state index is -3.12. The molecule has 0 aliphatic rings. The van der Waals surface area contributed by atoms with E-state index in [-0.39, 0.29) is 5.75 Å². The molecule has 14 heavy (non-hydrogen) atoms. The standard InChI is InChI=1S/C9H18N2O2S/c1-3-5-6-7-11-14(12,13)9-8-10-4-2/h1,10-11H,4-9H2,2H3. The summed E-state index contributed by atoms with van der Waals surface area (Å²) in [5.41, 5.74) is 0. The van der Waals surface area contributed by atoms with Crippen LogP contribution >= 0.6 is 0 Å². The molecule has 0 saturated carbocycles. The Labute approximate surface area is 86.5 Å². The van der Waals surface area contributed by atoms with Gasteiger partial charge in [0, 0.05) is 19.5 Å². The van der Waals surface area contributed by atoms with Crippen molar-refractivity contribution in [3.05, 3.63) is 0 Å². The highest BCUT2D eigenvalue weighted by Gasteiger charge is 2.07. The molecular weight excluding hydrogens is 200 g/mol. The van der Waals surface area contributed by atoms with Gasteiger partial charge in [-0.1, -0.05) is 6.92 Å². The molecule has 82 valence electrons. The van der Waals surface area contributed by atoms with Gasteiger partial charge in [-0.3, -0.25) is 0 Å². The fourth-order valence-corrected chi connectivity index (χ4v) is 1.89. The van der Waals surface area contributed by atoms with Crippen molar-refractivity contribution in [3.8, 4) is 12.3 Å². The lowest BCUT2D eigenvalue weighted by Crippen LogP contribution is -2.32. The summed E-state index contributed by atoms with van der Waals surface area (Å²) < 4.78 is 25.0. The van der Waals surface area contributed by atoms with Gasteiger partial charge in [0.05, 0.1) is 5.75 Å². The summed E-state index contributed by atoms with van der Waals surface area (Å²) in [6, 6.07) is 0. The number of nitrogens with one attached hydrogen (secondary N) is 2. The van der Waals surface area contributed by atoms with Crippen LogP contribution in [-0.4, -0.2) is 33.8 Å². The van der Waals surface area contributed by atoms with Crippen molar-refractivity contribution in [2.45, 2.75) is 19.8 Å². The fourth-order valence-electron chi connectivity index (χ4n) is 0.874. The van der Waals surface area contributed by atoms with Gasteiger partial charge < -0.3 is 5.32 Å². The Bertz CT molecular complexity index is 267. The van der Waals surface area contributed by atoms with Crippen LogP contribution in [0.4, 0.5) is 0 Å². The number of unbranched alkanes of at least 4 members (excludes halogenated alkanes) is 1. The molecule has 0 fully saturated rings. The molecule has 0 atom stereocenters. The highest BCUT2D eigenvalue weighted by molar-refractivity contribution is 7.89. The van der Waals surface area contributed by atoms with Crippen LogP contribution in [0.2, 0.25) is 0 Å². The second-order valence-corrected chi connectivity index (χ2v) is 4.80. The lowest BCUT2D eigenvalue weighted by molar-refractivity contribution is 0.576. The van der Waals surface area contributed by atoms with E-state index in [0.29, 0.717) is 25.9 Å². The molecule has 0 aromatic heterocycles. The van der Waals surface area contributed by atoms with Crippen molar-refractivity contribution in [2.75, 3.05) is 25.4 Å². The second kappa shape index (κ2) is 7.80. The maximum atomic E-state index is 11.3. The summed E-state index contributed by atoms with van der Waals surface area (Å²) in [4.78, 5) is 0. The highest BCUT2D eigenvalue weighted by Crippen LogP contribution is 1.87. The molecule has 0 amide bonds. The Morgan fingerprint density at radius 2 is 2.07 bits per heavy atom. The van der Waals surface area contributed by atoms with Crippen LogP contribution in [0.5, 0.6) is 0 Å². The van der Waals surface area contributed by atoms with Crippen molar-refractivity contribution < 1.29 is 8.42 Å². The Kier molecular flexibility index (Phi) is 7.48. The molecule has 0 bridgehead atoms. The molecule has 0 aromatic rings. The van der Waals surface area contributed by atoms with E-state index >= 15 is 0 Å². The smallest absolute Gasteiger partial charge is 0.212 e. The van der Waals surface area contributed by atoms with E-state index in [2.05, 4.69) is 16.0 Å². The molecule has 0 unspecified atom stereocenters. The molecule has 0 aromatic carbocycles. The molecule has 0 rings (SSSR count). The second-order valence-electron chi connectivity index (χ2n) is 2.87. The molecular formula is C9H18N2O2S. The van der Waals surface area contributed by atoms with Crippen LogP contribution in [0.15, 0.2) is 0 Å². The first-order valence-electron chi connectivity index (χ1n) is 4.74. The van der Waals surface area contributed by atoms with Crippen LogP contribution in [-0.2, 0) is 10.0 Å². The molecule has 2 N–H and O–H groups in total. The largest absolute Gasteiger partial charge is 0.316 e. The van der Waals surface area contributed by atoms with E-state index in [9.17, 15) is 8.42 Å². The normalized spacial score (nSPS) is 11.1. The molecule has 0 radical (unpaired) electrons. The number of terminal acetylenes is 1. The Hall–Kier alpha value is -0.570. The zero-order chi connectivity index (χ0) is 10.9. The van der Waals surface area contributed by atoms with E-state index in [0.717, 1.165) is 6.54 Å². The van der Waals surface area contributed by atoms with E-state index in [1.54, 1.807) is 0 Å². The number of sulfonamides is 1. The van der Waals surface area contributed by atoms with Crippen LogP contribution in [0.25, 0.3) is 0 Å². The summed E-state index contributed by atoms with van der Waals surface area (Å²) in [6.45, 7) is 3.64. The first-order valence-corrected chi connectivity index (χ1v) is 6.39. The van der Waals surface area contributed by atoms with Crippen molar-refractivity contribution >= 4 is 10.0 Å². The van der Waals surface area contributed by atoms with E-state index in [1.165, 1.54) is 0 Å². The number of hydrogen-bond acceptors (Lipinski definition) is 3. The van der Waals surface area contributed by atoms with E-state index in [1.807, 2.05) is 6.92 Å². The van der Waals surface area contributed by atoms with E-state index in [4.69, 9.17) is 6.42 Å². The van der Waals surface area contributed by atoms with Gasteiger partial charge in [0.15, 0.2) is 0 Å². The van der Waals surface area contributed by atoms with Gasteiger partial charge in [-0.05, 0) is 13.0 Å². The van der Waals surface area contributed by atoms with Crippen LogP contribution in [0.3, 0.4) is 0 Å². The van der Waals surface area contributed by atoms with Gasteiger partial charge in [-0.15, -0.1) is 12.3 Å². The van der Waals surface area contributed by atoms with Crippen LogP contribution in [0, 0.1) is 12.3 Å². The maximum absolute atomic E-state index is 11.3. The first kappa shape index (κ1) is 13.4. The quantitative estimate of drug-likeness (QED) is 0.443. The van der Waals surface area contributed by atoms with Crippen molar-refractivity contribution in [1.29, 1.82) is 0 Å². The van der Waals surface area contributed by atoms with Gasteiger partial charge in [0.25, 0.3) is 0 Å². The Morgan fingerprint density at radius 1 is 1.36 bits per heavy atom. The Balaban J connectivity index is 3.58. The first-order chi connectivity index (χ1) is 6.62. The van der Waals surface area contributed by atoms with Crippen LogP contribution < -0.4 is 10.0 Å². The third kappa shape index (κ3) is 8.05. The molecule has 0 heterocycles. The highest BCUT2D eigenvalue weighted by atomic mass is 32.2. The van der Waals surface area contributed by atoms with Crippen molar-refractivity contribution in [1.82, 2.24) is 10.0 Å². The zero-order valence-electron chi connectivity index (χ0n) is 8.54. The maximum Gasteiger partial charge on any atom is 0.212 e. The summed E-state index contributed by atoms with van der Waals surface area (Å²) in [6.07, 6.45) is 6.34. The minimum absolute atomic E-state index is 0.122. The summed E-state index contributed by atoms with van der Waals surface area (Å²) in [5, 5.41) is 2.95. The van der Waals surface area contributed by atoms with Crippen molar-refractivity contribution in [3.63, 3.8) is 0 Å². The number of rotatable bonds is 8. The number of hydrogen-bond donors (Lipinski definition) is 2. The summed E-state index contributed by atoms with van der Waals surface area (Å²) in [7, 11) is -3.12. The van der Waals surface area contributed by atoms with Gasteiger partial charge in [-0.25, -0.2) is 13.1 Å².